The Labute approximate surface area is 122 Å². The van der Waals surface area contributed by atoms with Crippen LogP contribution in [-0.4, -0.2) is 42.5 Å². The number of nitrogens with zero attached hydrogens (tertiary/aromatic N) is 1. The monoisotopic (exact) mass is 325 g/mol. The number of carbonyl (C=O) groups is 1. The van der Waals surface area contributed by atoms with E-state index in [1.807, 2.05) is 24.3 Å². The Morgan fingerprint density at radius 1 is 1.42 bits per heavy atom. The van der Waals surface area contributed by atoms with Crippen LogP contribution in [0, 0.1) is 0 Å². The zero-order valence-corrected chi connectivity index (χ0v) is 12.9. The van der Waals surface area contributed by atoms with E-state index in [0.29, 0.717) is 18.6 Å². The quantitative estimate of drug-likeness (QED) is 0.894. The van der Waals surface area contributed by atoms with Crippen LogP contribution in [0.5, 0.6) is 0 Å². The molecule has 2 atom stereocenters. The van der Waals surface area contributed by atoms with Crippen LogP contribution in [-0.2, 0) is 4.79 Å². The van der Waals surface area contributed by atoms with Crippen LogP contribution < -0.4 is 10.6 Å². The number of nitrogens with one attached hydrogen (secondary N) is 2. The third-order valence-corrected chi connectivity index (χ3v) is 3.90. The van der Waals surface area contributed by atoms with Gasteiger partial charge >= 0.3 is 0 Å². The van der Waals surface area contributed by atoms with Gasteiger partial charge in [-0.15, -0.1) is 0 Å². The largest absolute Gasteiger partial charge is 0.325 e. The van der Waals surface area contributed by atoms with Gasteiger partial charge < -0.3 is 10.6 Å². The molecule has 1 aliphatic rings. The molecule has 19 heavy (non-hydrogen) atoms. The molecule has 0 radical (unpaired) electrons. The first kappa shape index (κ1) is 14.5. The normalized spacial score (nSPS) is 24.2. The van der Waals surface area contributed by atoms with Gasteiger partial charge in [-0.05, 0) is 38.1 Å². The lowest BCUT2D eigenvalue weighted by molar-refractivity contribution is -0.118. The molecule has 1 fully saturated rings. The van der Waals surface area contributed by atoms with Crippen LogP contribution in [0.2, 0.25) is 0 Å². The number of amides is 1. The minimum absolute atomic E-state index is 0.0447. The lowest BCUT2D eigenvalue weighted by Gasteiger charge is -2.36. The topological polar surface area (TPSA) is 44.4 Å². The van der Waals surface area contributed by atoms with Crippen molar-refractivity contribution in [3.05, 3.63) is 28.7 Å². The van der Waals surface area contributed by atoms with E-state index in [0.717, 1.165) is 23.2 Å². The second kappa shape index (κ2) is 6.50. The van der Waals surface area contributed by atoms with E-state index in [1.54, 1.807) is 0 Å². The van der Waals surface area contributed by atoms with E-state index in [2.05, 4.69) is 45.3 Å². The Morgan fingerprint density at radius 2 is 2.11 bits per heavy atom. The number of carbonyl (C=O) groups excluding carboxylic acids is 1. The maximum absolute atomic E-state index is 12.0. The van der Waals surface area contributed by atoms with Gasteiger partial charge in [-0.3, -0.25) is 9.69 Å². The Balaban J connectivity index is 1.88. The molecule has 0 aromatic heterocycles. The van der Waals surface area contributed by atoms with Crippen molar-refractivity contribution in [3.8, 4) is 0 Å². The second-order valence-corrected chi connectivity index (χ2v) is 6.06. The number of rotatable bonds is 3. The van der Waals surface area contributed by atoms with E-state index in [9.17, 15) is 4.79 Å². The van der Waals surface area contributed by atoms with Crippen molar-refractivity contribution in [2.45, 2.75) is 25.9 Å². The summed E-state index contributed by atoms with van der Waals surface area (Å²) in [4.78, 5) is 14.3. The van der Waals surface area contributed by atoms with Crippen molar-refractivity contribution < 1.29 is 4.79 Å². The van der Waals surface area contributed by atoms with Crippen molar-refractivity contribution in [2.24, 2.45) is 0 Å². The summed E-state index contributed by atoms with van der Waals surface area (Å²) in [5.41, 5.74) is 0.837. The van der Waals surface area contributed by atoms with E-state index in [1.165, 1.54) is 0 Å². The van der Waals surface area contributed by atoms with Gasteiger partial charge in [0, 0.05) is 35.3 Å². The van der Waals surface area contributed by atoms with Crippen molar-refractivity contribution in [1.82, 2.24) is 10.2 Å². The van der Waals surface area contributed by atoms with Gasteiger partial charge in [0.05, 0.1) is 6.54 Å². The number of hydrogen-bond acceptors (Lipinski definition) is 3. The first-order valence-electron chi connectivity index (χ1n) is 6.57. The maximum Gasteiger partial charge on any atom is 0.238 e. The third-order valence-electron chi connectivity index (χ3n) is 3.37. The van der Waals surface area contributed by atoms with Crippen LogP contribution in [0.1, 0.15) is 13.8 Å². The Hall–Kier alpha value is -0.910. The first-order chi connectivity index (χ1) is 9.04. The van der Waals surface area contributed by atoms with Gasteiger partial charge in [-0.25, -0.2) is 0 Å². The average Bonchev–Trinajstić information content (AvgIpc) is 2.37. The zero-order chi connectivity index (χ0) is 13.8. The van der Waals surface area contributed by atoms with Gasteiger partial charge in [0.1, 0.15) is 0 Å². The fraction of sp³-hybridized carbons (Fsp3) is 0.500. The molecular weight excluding hydrogens is 306 g/mol. The molecule has 1 aliphatic heterocycles. The van der Waals surface area contributed by atoms with Crippen LogP contribution >= 0.6 is 15.9 Å². The van der Waals surface area contributed by atoms with Crippen molar-refractivity contribution in [1.29, 1.82) is 0 Å². The minimum atomic E-state index is 0.0447. The lowest BCUT2D eigenvalue weighted by atomic mass is 10.1. The van der Waals surface area contributed by atoms with Crippen molar-refractivity contribution in [2.75, 3.05) is 25.0 Å². The standard InChI is InChI=1S/C14H20BrN3O/c1-10-8-18(11(2)7-16-10)9-14(19)17-13-5-3-12(15)4-6-13/h3-6,10-11,16H,7-9H2,1-2H3,(H,17,19). The Morgan fingerprint density at radius 3 is 2.79 bits per heavy atom. The average molecular weight is 326 g/mol. The summed E-state index contributed by atoms with van der Waals surface area (Å²) in [5, 5.41) is 6.34. The molecule has 2 unspecified atom stereocenters. The summed E-state index contributed by atoms with van der Waals surface area (Å²) < 4.78 is 1.01. The molecule has 2 N–H and O–H groups in total. The molecule has 1 aromatic rings. The highest BCUT2D eigenvalue weighted by molar-refractivity contribution is 9.10. The molecule has 1 heterocycles. The fourth-order valence-electron chi connectivity index (χ4n) is 2.24. The summed E-state index contributed by atoms with van der Waals surface area (Å²) in [6.07, 6.45) is 0. The molecular formula is C14H20BrN3O. The number of benzene rings is 1. The molecule has 2 rings (SSSR count). The smallest absolute Gasteiger partial charge is 0.238 e. The predicted octanol–water partition coefficient (Wildman–Crippen LogP) is 2.07. The molecule has 1 aromatic carbocycles. The van der Waals surface area contributed by atoms with Crippen LogP contribution in [0.15, 0.2) is 28.7 Å². The molecule has 4 nitrogen and oxygen atoms in total. The number of hydrogen-bond donors (Lipinski definition) is 2. The minimum Gasteiger partial charge on any atom is -0.325 e. The predicted molar refractivity (Wildman–Crippen MR) is 81.3 cm³/mol. The molecule has 0 saturated carbocycles. The molecule has 1 saturated heterocycles. The summed E-state index contributed by atoms with van der Waals surface area (Å²) >= 11 is 3.38. The van der Waals surface area contributed by atoms with E-state index in [4.69, 9.17) is 0 Å². The summed E-state index contributed by atoms with van der Waals surface area (Å²) in [5.74, 6) is 0.0447. The van der Waals surface area contributed by atoms with Crippen LogP contribution in [0.3, 0.4) is 0 Å². The molecule has 0 aliphatic carbocycles. The fourth-order valence-corrected chi connectivity index (χ4v) is 2.50. The molecule has 5 heteroatoms. The van der Waals surface area contributed by atoms with E-state index in [-0.39, 0.29) is 5.91 Å². The van der Waals surface area contributed by atoms with Gasteiger partial charge in [-0.1, -0.05) is 15.9 Å². The van der Waals surface area contributed by atoms with Gasteiger partial charge in [0.25, 0.3) is 0 Å². The Kier molecular flexibility index (Phi) is 4.96. The van der Waals surface area contributed by atoms with Crippen molar-refractivity contribution >= 4 is 27.5 Å². The highest BCUT2D eigenvalue weighted by Gasteiger charge is 2.23. The van der Waals surface area contributed by atoms with Crippen LogP contribution in [0.25, 0.3) is 0 Å². The molecule has 104 valence electrons. The summed E-state index contributed by atoms with van der Waals surface area (Å²) in [6, 6.07) is 8.47. The SMILES string of the molecule is CC1CN(CC(=O)Nc2ccc(Br)cc2)C(C)CN1. The second-order valence-electron chi connectivity index (χ2n) is 5.14. The molecule has 1 amide bonds. The zero-order valence-electron chi connectivity index (χ0n) is 11.3. The van der Waals surface area contributed by atoms with Gasteiger partial charge in [-0.2, -0.15) is 0 Å². The Bertz CT molecular complexity index is 435. The number of anilines is 1. The third kappa shape index (κ3) is 4.30. The lowest BCUT2D eigenvalue weighted by Crippen LogP contribution is -2.55. The number of piperazine rings is 1. The molecule has 0 spiro atoms. The first-order valence-corrected chi connectivity index (χ1v) is 7.37. The van der Waals surface area contributed by atoms with Crippen LogP contribution in [0.4, 0.5) is 5.69 Å². The highest BCUT2D eigenvalue weighted by Crippen LogP contribution is 2.14. The maximum atomic E-state index is 12.0. The van der Waals surface area contributed by atoms with E-state index >= 15 is 0 Å². The number of halogens is 1. The molecule has 0 bridgehead atoms. The summed E-state index contributed by atoms with van der Waals surface area (Å²) in [6.45, 7) is 6.59. The summed E-state index contributed by atoms with van der Waals surface area (Å²) in [7, 11) is 0. The van der Waals surface area contributed by atoms with Gasteiger partial charge in [0.15, 0.2) is 0 Å². The van der Waals surface area contributed by atoms with Gasteiger partial charge in [0.2, 0.25) is 5.91 Å². The van der Waals surface area contributed by atoms with Crippen molar-refractivity contribution in [3.63, 3.8) is 0 Å². The highest BCUT2D eigenvalue weighted by atomic mass is 79.9. The van der Waals surface area contributed by atoms with E-state index < -0.39 is 0 Å².